The van der Waals surface area contributed by atoms with Gasteiger partial charge in [-0.3, -0.25) is 14.9 Å². The number of aryl methyl sites for hydroxylation is 1. The maximum Gasteiger partial charge on any atom is 0.297 e. The highest BCUT2D eigenvalue weighted by Crippen LogP contribution is 2.38. The Morgan fingerprint density at radius 2 is 1.74 bits per heavy atom. The number of nitrogens with one attached hydrogen (secondary N) is 1. The number of likely N-dealkylation sites (tertiary alicyclic amines) is 1. The molecule has 2 aliphatic heterocycles. The lowest BCUT2D eigenvalue weighted by Crippen LogP contribution is -2.37. The van der Waals surface area contributed by atoms with Gasteiger partial charge in [0.25, 0.3) is 6.43 Å². The summed E-state index contributed by atoms with van der Waals surface area (Å²) in [5, 5.41) is 13.4. The minimum absolute atomic E-state index is 0.230. The van der Waals surface area contributed by atoms with Crippen LogP contribution in [0.15, 0.2) is 71.9 Å². The van der Waals surface area contributed by atoms with Crippen molar-refractivity contribution in [3.05, 3.63) is 106 Å². The van der Waals surface area contributed by atoms with Gasteiger partial charge in [-0.25, -0.2) is 18.7 Å². The molecule has 2 aliphatic rings. The van der Waals surface area contributed by atoms with Crippen LogP contribution in [0.2, 0.25) is 0 Å². The first-order valence-electron chi connectivity index (χ1n) is 17.2. The van der Waals surface area contributed by atoms with E-state index in [-0.39, 0.29) is 5.82 Å². The Bertz CT molecular complexity index is 2170. The molecular weight excluding hydrogens is 628 g/mol. The molecule has 1 saturated heterocycles. The Kier molecular flexibility index (Phi) is 8.91. The van der Waals surface area contributed by atoms with E-state index in [2.05, 4.69) is 83.2 Å². The predicted molar refractivity (Wildman–Crippen MR) is 195 cm³/mol. The van der Waals surface area contributed by atoms with Crippen LogP contribution in [0.4, 0.5) is 26.0 Å². The summed E-state index contributed by atoms with van der Waals surface area (Å²) in [7, 11) is 0. The molecule has 0 bridgehead atoms. The number of pyridine rings is 1. The molecule has 0 atom stereocenters. The van der Waals surface area contributed by atoms with Crippen molar-refractivity contribution in [2.45, 2.75) is 66.9 Å². The summed E-state index contributed by atoms with van der Waals surface area (Å²) < 4.78 is 27.4. The first kappa shape index (κ1) is 33.4. The van der Waals surface area contributed by atoms with Gasteiger partial charge in [0.15, 0.2) is 11.6 Å². The zero-order valence-electron chi connectivity index (χ0n) is 29.2. The van der Waals surface area contributed by atoms with Gasteiger partial charge in [0.1, 0.15) is 5.52 Å². The number of hydrogen-bond acceptors (Lipinski definition) is 7. The van der Waals surface area contributed by atoms with E-state index in [0.29, 0.717) is 34.1 Å². The van der Waals surface area contributed by atoms with Crippen molar-refractivity contribution >= 4 is 33.9 Å². The SMILES string of the molecule is Cc1cnc2c(Nc3cccc(-c4cccc(C5=Nc6cc(CN7CCC(C(C)(C)C)CC7)cc(C#N)c6C5)c4C)c3)nc(C(F)F)nc2c1. The standard InChI is InChI=1S/C41H41F2N7/c1-24-16-36-37(45-22-24)39(49-40(48-36)38(42)43)46-30-9-6-8-27(19-30)31-10-7-11-32(25(31)2)35-20-33-28(21-44)17-26(18-34(33)47-35)23-50-14-12-29(13-15-50)41(3,4)5/h6-11,16-19,22,29,38H,12-15,20,23H2,1-5H3,(H,46,48,49). The number of hydrogen-bond donors (Lipinski definition) is 1. The van der Waals surface area contributed by atoms with Crippen molar-refractivity contribution in [3.8, 4) is 17.2 Å². The third-order valence-corrected chi connectivity index (χ3v) is 10.2. The zero-order chi connectivity index (χ0) is 35.2. The van der Waals surface area contributed by atoms with Crippen molar-refractivity contribution in [2.75, 3.05) is 18.4 Å². The Morgan fingerprint density at radius 1 is 0.980 bits per heavy atom. The largest absolute Gasteiger partial charge is 0.338 e. The number of alkyl halides is 2. The Balaban J connectivity index is 1.14. The molecule has 0 aliphatic carbocycles. The van der Waals surface area contributed by atoms with Crippen molar-refractivity contribution in [1.29, 1.82) is 5.26 Å². The van der Waals surface area contributed by atoms with Crippen LogP contribution < -0.4 is 5.32 Å². The molecule has 1 fully saturated rings. The number of halogens is 2. The van der Waals surface area contributed by atoms with Gasteiger partial charge in [0.05, 0.1) is 28.5 Å². The summed E-state index contributed by atoms with van der Waals surface area (Å²) in [6, 6.07) is 22.4. The third kappa shape index (κ3) is 6.73. The molecule has 3 aromatic carbocycles. The van der Waals surface area contributed by atoms with E-state index < -0.39 is 12.2 Å². The summed E-state index contributed by atoms with van der Waals surface area (Å²) >= 11 is 0. The summed E-state index contributed by atoms with van der Waals surface area (Å²) in [5.74, 6) is 0.422. The number of aromatic nitrogens is 3. The van der Waals surface area contributed by atoms with Gasteiger partial charge in [-0.1, -0.05) is 51.1 Å². The number of nitrogens with zero attached hydrogens (tertiary/aromatic N) is 6. The van der Waals surface area contributed by atoms with Crippen LogP contribution in [-0.2, 0) is 13.0 Å². The number of piperidine rings is 1. The van der Waals surface area contributed by atoms with Gasteiger partial charge in [-0.05, 0) is 115 Å². The quantitative estimate of drug-likeness (QED) is 0.186. The number of rotatable bonds is 7. The van der Waals surface area contributed by atoms with Gasteiger partial charge in [-0.15, -0.1) is 0 Å². The number of fused-ring (bicyclic) bond motifs is 2. The molecule has 2 aromatic heterocycles. The first-order chi connectivity index (χ1) is 24.0. The maximum absolute atomic E-state index is 13.7. The molecule has 0 saturated carbocycles. The molecule has 9 heteroatoms. The Labute approximate surface area is 292 Å². The minimum Gasteiger partial charge on any atom is -0.338 e. The fourth-order valence-electron chi connectivity index (χ4n) is 7.40. The lowest BCUT2D eigenvalue weighted by atomic mass is 9.75. The highest BCUT2D eigenvalue weighted by atomic mass is 19.3. The highest BCUT2D eigenvalue weighted by Gasteiger charge is 2.29. The van der Waals surface area contributed by atoms with Crippen molar-refractivity contribution < 1.29 is 8.78 Å². The van der Waals surface area contributed by atoms with E-state index in [1.165, 1.54) is 12.8 Å². The second-order valence-electron chi connectivity index (χ2n) is 14.7. The van der Waals surface area contributed by atoms with E-state index in [1.54, 1.807) is 12.3 Å². The monoisotopic (exact) mass is 669 g/mol. The lowest BCUT2D eigenvalue weighted by Gasteiger charge is -2.38. The Hall–Kier alpha value is -5.07. The molecule has 1 N–H and O–H groups in total. The number of aliphatic imine (C=N–C) groups is 1. The minimum atomic E-state index is -2.81. The third-order valence-electron chi connectivity index (χ3n) is 10.2. The van der Waals surface area contributed by atoms with Gasteiger partial charge < -0.3 is 5.32 Å². The molecule has 7 rings (SSSR count). The molecule has 0 unspecified atom stereocenters. The smallest absolute Gasteiger partial charge is 0.297 e. The van der Waals surface area contributed by atoms with Gasteiger partial charge >= 0.3 is 0 Å². The predicted octanol–water partition coefficient (Wildman–Crippen LogP) is 9.80. The van der Waals surface area contributed by atoms with Crippen molar-refractivity contribution in [2.24, 2.45) is 16.3 Å². The first-order valence-corrected chi connectivity index (χ1v) is 17.2. The van der Waals surface area contributed by atoms with E-state index in [0.717, 1.165) is 75.9 Å². The fraction of sp³-hybridized carbons (Fsp3) is 0.341. The van der Waals surface area contributed by atoms with Gasteiger partial charge in [0.2, 0.25) is 0 Å². The number of benzene rings is 3. The molecule has 7 nitrogen and oxygen atoms in total. The van der Waals surface area contributed by atoms with E-state index in [1.807, 2.05) is 37.3 Å². The van der Waals surface area contributed by atoms with Gasteiger partial charge in [0, 0.05) is 30.4 Å². The summed E-state index contributed by atoms with van der Waals surface area (Å²) in [4.78, 5) is 20.2. The average molecular weight is 670 g/mol. The molecule has 254 valence electrons. The van der Waals surface area contributed by atoms with Crippen LogP contribution in [0.1, 0.15) is 79.2 Å². The topological polar surface area (TPSA) is 90.1 Å². The van der Waals surface area contributed by atoms with Crippen LogP contribution in [0, 0.1) is 36.5 Å². The lowest BCUT2D eigenvalue weighted by molar-refractivity contribution is 0.108. The van der Waals surface area contributed by atoms with Crippen LogP contribution in [0.25, 0.3) is 22.2 Å². The van der Waals surface area contributed by atoms with E-state index in [9.17, 15) is 14.0 Å². The van der Waals surface area contributed by atoms with Crippen LogP contribution in [-0.4, -0.2) is 38.7 Å². The van der Waals surface area contributed by atoms with Gasteiger partial charge in [-0.2, -0.15) is 5.26 Å². The van der Waals surface area contributed by atoms with Crippen LogP contribution in [0.5, 0.6) is 0 Å². The number of anilines is 2. The molecule has 4 heterocycles. The molecule has 50 heavy (non-hydrogen) atoms. The molecule has 0 spiro atoms. The van der Waals surface area contributed by atoms with Crippen molar-refractivity contribution in [3.63, 3.8) is 0 Å². The molecule has 0 radical (unpaired) electrons. The van der Waals surface area contributed by atoms with Crippen molar-refractivity contribution in [1.82, 2.24) is 19.9 Å². The average Bonchev–Trinajstić information content (AvgIpc) is 3.51. The molecule has 0 amide bonds. The van der Waals surface area contributed by atoms with E-state index >= 15 is 0 Å². The second kappa shape index (κ2) is 13.3. The summed E-state index contributed by atoms with van der Waals surface area (Å²) in [5.41, 5.74) is 11.4. The number of nitriles is 1. The molecular formula is C41H41F2N7. The summed E-state index contributed by atoms with van der Waals surface area (Å²) in [6.45, 7) is 13.9. The zero-order valence-corrected chi connectivity index (χ0v) is 29.2. The van der Waals surface area contributed by atoms with E-state index in [4.69, 9.17) is 4.99 Å². The fourth-order valence-corrected chi connectivity index (χ4v) is 7.40. The maximum atomic E-state index is 13.7. The van der Waals surface area contributed by atoms with Crippen LogP contribution in [0.3, 0.4) is 0 Å². The highest BCUT2D eigenvalue weighted by molar-refractivity contribution is 6.09. The second-order valence-corrected chi connectivity index (χ2v) is 14.7. The Morgan fingerprint density at radius 3 is 2.48 bits per heavy atom. The van der Waals surface area contributed by atoms with Crippen LogP contribution >= 0.6 is 0 Å². The summed E-state index contributed by atoms with van der Waals surface area (Å²) in [6.07, 6.45) is 1.86. The normalized spacial score (nSPS) is 15.3. The molecule has 5 aromatic rings.